The number of hydrogen-bond donors (Lipinski definition) is 2. The summed E-state index contributed by atoms with van der Waals surface area (Å²) in [6.45, 7) is 7.75. The van der Waals surface area contributed by atoms with E-state index in [1.807, 2.05) is 13.1 Å². The van der Waals surface area contributed by atoms with Gasteiger partial charge in [0.1, 0.15) is 5.76 Å². The third-order valence-electron chi connectivity index (χ3n) is 6.74. The lowest BCUT2D eigenvalue weighted by atomic mass is 9.95. The fourth-order valence-corrected chi connectivity index (χ4v) is 6.40. The van der Waals surface area contributed by atoms with Crippen LogP contribution in [0.4, 0.5) is 0 Å². The van der Waals surface area contributed by atoms with Crippen LogP contribution in [0.25, 0.3) is 0 Å². The Morgan fingerprint density at radius 2 is 2.00 bits per heavy atom. The Labute approximate surface area is 208 Å². The van der Waals surface area contributed by atoms with Crippen molar-refractivity contribution in [1.29, 1.82) is 0 Å². The first-order chi connectivity index (χ1) is 14.8. The molecule has 176 valence electrons. The molecule has 9 heteroatoms. The monoisotopic (exact) mass is 563 g/mol. The largest absolute Gasteiger partial charge is 0.468 e. The van der Waals surface area contributed by atoms with Crippen molar-refractivity contribution in [2.24, 2.45) is 4.99 Å². The van der Waals surface area contributed by atoms with Crippen LogP contribution in [-0.2, 0) is 4.74 Å². The van der Waals surface area contributed by atoms with Gasteiger partial charge in [0.25, 0.3) is 0 Å². The van der Waals surface area contributed by atoms with Crippen molar-refractivity contribution in [3.8, 4) is 0 Å². The first-order valence-corrected chi connectivity index (χ1v) is 12.6. The highest BCUT2D eigenvalue weighted by atomic mass is 127. The van der Waals surface area contributed by atoms with Gasteiger partial charge in [-0.05, 0) is 50.2 Å². The quantitative estimate of drug-likeness (QED) is 0.301. The highest BCUT2D eigenvalue weighted by Gasteiger charge is 2.40. The first kappa shape index (κ1) is 25.1. The SMILES string of the molecule is CN=C(NCC(c1ccco1)N1CCCCC1)NCC1(N2CCOCC2)CCSC1.I. The van der Waals surface area contributed by atoms with E-state index in [9.17, 15) is 0 Å². The van der Waals surface area contributed by atoms with Crippen LogP contribution in [0.15, 0.2) is 27.8 Å². The summed E-state index contributed by atoms with van der Waals surface area (Å²) in [5.74, 6) is 4.34. The molecule has 0 spiro atoms. The molecule has 31 heavy (non-hydrogen) atoms. The molecule has 1 aromatic rings. The molecule has 3 fully saturated rings. The lowest BCUT2D eigenvalue weighted by Crippen LogP contribution is -2.60. The summed E-state index contributed by atoms with van der Waals surface area (Å²) in [4.78, 5) is 9.70. The Morgan fingerprint density at radius 3 is 2.65 bits per heavy atom. The van der Waals surface area contributed by atoms with Crippen molar-refractivity contribution >= 4 is 41.7 Å². The van der Waals surface area contributed by atoms with Crippen LogP contribution >= 0.6 is 35.7 Å². The number of morpholine rings is 1. The van der Waals surface area contributed by atoms with Gasteiger partial charge in [0.05, 0.1) is 25.5 Å². The number of hydrogen-bond acceptors (Lipinski definition) is 6. The fourth-order valence-electron chi connectivity index (χ4n) is 4.92. The van der Waals surface area contributed by atoms with Gasteiger partial charge < -0.3 is 19.8 Å². The Bertz CT molecular complexity index is 657. The van der Waals surface area contributed by atoms with Crippen LogP contribution in [0.5, 0.6) is 0 Å². The molecule has 2 N–H and O–H groups in total. The molecule has 3 saturated heterocycles. The molecule has 4 rings (SSSR count). The van der Waals surface area contributed by atoms with E-state index in [0.29, 0.717) is 0 Å². The van der Waals surface area contributed by atoms with Gasteiger partial charge in [-0.1, -0.05) is 6.42 Å². The van der Waals surface area contributed by atoms with Crippen molar-refractivity contribution in [1.82, 2.24) is 20.4 Å². The second-order valence-electron chi connectivity index (χ2n) is 8.56. The zero-order chi connectivity index (χ0) is 20.7. The summed E-state index contributed by atoms with van der Waals surface area (Å²) in [6.07, 6.45) is 6.88. The second kappa shape index (κ2) is 12.7. The van der Waals surface area contributed by atoms with Gasteiger partial charge in [-0.2, -0.15) is 11.8 Å². The number of nitrogens with one attached hydrogen (secondary N) is 2. The molecule has 4 heterocycles. The number of rotatable bonds is 7. The van der Waals surface area contributed by atoms with E-state index in [2.05, 4.69) is 43.3 Å². The Hall–Kier alpha value is -0.490. The Balaban J connectivity index is 0.00000272. The number of likely N-dealkylation sites (tertiary alicyclic amines) is 1. The maximum Gasteiger partial charge on any atom is 0.191 e. The number of piperidine rings is 1. The standard InChI is InChI=1S/C22H37N5O2S.HI/c1-23-21(25-17-22(7-15-30-18-22)27-10-13-28-14-11-27)24-16-19(20-6-5-12-29-20)26-8-3-2-4-9-26;/h5-6,12,19H,2-4,7-11,13-18H2,1H3,(H2,23,24,25);1H. The number of nitrogens with zero attached hydrogens (tertiary/aromatic N) is 3. The minimum atomic E-state index is 0. The lowest BCUT2D eigenvalue weighted by Gasteiger charge is -2.43. The zero-order valence-electron chi connectivity index (χ0n) is 18.7. The molecule has 0 aliphatic carbocycles. The van der Waals surface area contributed by atoms with Gasteiger partial charge in [0.15, 0.2) is 5.96 Å². The van der Waals surface area contributed by atoms with Crippen LogP contribution in [-0.4, -0.2) is 92.3 Å². The minimum Gasteiger partial charge on any atom is -0.468 e. The predicted molar refractivity (Wildman–Crippen MR) is 139 cm³/mol. The molecule has 2 atom stereocenters. The van der Waals surface area contributed by atoms with E-state index in [4.69, 9.17) is 9.15 Å². The van der Waals surface area contributed by atoms with E-state index < -0.39 is 0 Å². The Kier molecular flexibility index (Phi) is 10.3. The number of ether oxygens (including phenoxy) is 1. The van der Waals surface area contributed by atoms with E-state index in [0.717, 1.165) is 64.2 Å². The molecule has 0 aromatic carbocycles. The molecule has 0 amide bonds. The van der Waals surface area contributed by atoms with Gasteiger partial charge in [-0.3, -0.25) is 14.8 Å². The topological polar surface area (TPSA) is 65.3 Å². The molecule has 0 bridgehead atoms. The molecule has 0 radical (unpaired) electrons. The van der Waals surface area contributed by atoms with Crippen LogP contribution in [0.1, 0.15) is 37.5 Å². The third-order valence-corrected chi connectivity index (χ3v) is 7.97. The number of thioether (sulfide) groups is 1. The summed E-state index contributed by atoms with van der Waals surface area (Å²) in [7, 11) is 1.86. The second-order valence-corrected chi connectivity index (χ2v) is 9.67. The molecular weight excluding hydrogens is 525 g/mol. The average molecular weight is 564 g/mol. The first-order valence-electron chi connectivity index (χ1n) is 11.4. The number of halogens is 1. The molecule has 0 saturated carbocycles. The summed E-state index contributed by atoms with van der Waals surface area (Å²) in [6, 6.07) is 4.33. The molecule has 1 aromatic heterocycles. The van der Waals surface area contributed by atoms with Gasteiger partial charge >= 0.3 is 0 Å². The van der Waals surface area contributed by atoms with Crippen molar-refractivity contribution in [3.05, 3.63) is 24.2 Å². The molecule has 3 aliphatic heterocycles. The van der Waals surface area contributed by atoms with E-state index >= 15 is 0 Å². The lowest BCUT2D eigenvalue weighted by molar-refractivity contribution is -0.0120. The van der Waals surface area contributed by atoms with Crippen molar-refractivity contribution in [2.45, 2.75) is 37.3 Å². The molecular formula is C22H38IN5O2S. The van der Waals surface area contributed by atoms with Crippen molar-refractivity contribution in [2.75, 3.05) is 71.0 Å². The Morgan fingerprint density at radius 1 is 1.19 bits per heavy atom. The van der Waals surface area contributed by atoms with E-state index in [1.165, 1.54) is 37.2 Å². The predicted octanol–water partition coefficient (Wildman–Crippen LogP) is 2.80. The van der Waals surface area contributed by atoms with Gasteiger partial charge in [-0.15, -0.1) is 24.0 Å². The van der Waals surface area contributed by atoms with E-state index in [-0.39, 0.29) is 35.6 Å². The minimum absolute atomic E-state index is 0. The van der Waals surface area contributed by atoms with Crippen molar-refractivity contribution in [3.63, 3.8) is 0 Å². The summed E-state index contributed by atoms with van der Waals surface area (Å²) in [5.41, 5.74) is 0.208. The van der Waals surface area contributed by atoms with Gasteiger partial charge in [0, 0.05) is 44.5 Å². The third kappa shape index (κ3) is 6.52. The van der Waals surface area contributed by atoms with Crippen molar-refractivity contribution < 1.29 is 9.15 Å². The molecule has 2 unspecified atom stereocenters. The van der Waals surface area contributed by atoms with Crippen LogP contribution in [0.3, 0.4) is 0 Å². The van der Waals surface area contributed by atoms with Crippen LogP contribution in [0, 0.1) is 0 Å². The maximum absolute atomic E-state index is 5.79. The highest BCUT2D eigenvalue weighted by Crippen LogP contribution is 2.33. The van der Waals surface area contributed by atoms with E-state index in [1.54, 1.807) is 6.26 Å². The summed E-state index contributed by atoms with van der Waals surface area (Å²) in [5, 5.41) is 7.23. The van der Waals surface area contributed by atoms with Crippen LogP contribution < -0.4 is 10.6 Å². The van der Waals surface area contributed by atoms with Gasteiger partial charge in [0.2, 0.25) is 0 Å². The summed E-state index contributed by atoms with van der Waals surface area (Å²) < 4.78 is 11.4. The number of aliphatic imine (C=N–C) groups is 1. The average Bonchev–Trinajstić information content (AvgIpc) is 3.51. The normalized spacial score (nSPS) is 26.9. The van der Waals surface area contributed by atoms with Crippen LogP contribution in [0.2, 0.25) is 0 Å². The fraction of sp³-hybridized carbons (Fsp3) is 0.773. The smallest absolute Gasteiger partial charge is 0.191 e. The summed E-state index contributed by atoms with van der Waals surface area (Å²) >= 11 is 2.07. The zero-order valence-corrected chi connectivity index (χ0v) is 21.8. The maximum atomic E-state index is 5.79. The molecule has 7 nitrogen and oxygen atoms in total. The number of furan rings is 1. The van der Waals surface area contributed by atoms with Gasteiger partial charge in [-0.25, -0.2) is 0 Å². The molecule has 3 aliphatic rings. The highest BCUT2D eigenvalue weighted by molar-refractivity contribution is 14.0. The number of guanidine groups is 1.